The lowest BCUT2D eigenvalue weighted by Crippen LogP contribution is -2.60. The van der Waals surface area contributed by atoms with E-state index in [1.54, 1.807) is 20.0 Å². The van der Waals surface area contributed by atoms with Crippen molar-refractivity contribution in [1.82, 2.24) is 24.6 Å². The molecule has 2 N–H and O–H groups in total. The van der Waals surface area contributed by atoms with Crippen molar-refractivity contribution in [1.29, 1.82) is 0 Å². The van der Waals surface area contributed by atoms with Crippen LogP contribution in [-0.2, 0) is 4.74 Å². The van der Waals surface area contributed by atoms with Crippen LogP contribution < -0.4 is 10.2 Å². The predicted molar refractivity (Wildman–Crippen MR) is 134 cm³/mol. The molecule has 12 heteroatoms. The third-order valence-corrected chi connectivity index (χ3v) is 7.46. The SMILES string of the molecule is CC(C)n1ncc(Nc2ncc3cc(Cl)c(N4CCN(C5(C)COCC5O)CC4)cc3n2)c1C(F)F. The lowest BCUT2D eigenvalue weighted by atomic mass is 9.95. The normalized spacial score (nSPS) is 23.4. The van der Waals surface area contributed by atoms with E-state index in [9.17, 15) is 13.9 Å². The number of aliphatic hydroxyl groups is 1. The highest BCUT2D eigenvalue weighted by atomic mass is 35.5. The van der Waals surface area contributed by atoms with Crippen LogP contribution in [-0.4, -0.2) is 80.8 Å². The van der Waals surface area contributed by atoms with Crippen LogP contribution in [0.1, 0.15) is 38.9 Å². The van der Waals surface area contributed by atoms with Gasteiger partial charge in [-0.25, -0.2) is 18.7 Å². The van der Waals surface area contributed by atoms with Gasteiger partial charge < -0.3 is 20.1 Å². The van der Waals surface area contributed by atoms with Gasteiger partial charge in [0.1, 0.15) is 5.69 Å². The fraction of sp³-hybridized carbons (Fsp3) is 0.542. The summed E-state index contributed by atoms with van der Waals surface area (Å²) in [4.78, 5) is 13.3. The topological polar surface area (TPSA) is 91.6 Å². The lowest BCUT2D eigenvalue weighted by molar-refractivity contribution is 0.00884. The molecule has 0 aliphatic carbocycles. The van der Waals surface area contributed by atoms with Crippen LogP contribution in [0.25, 0.3) is 10.9 Å². The molecule has 0 saturated carbocycles. The number of halogens is 3. The molecular weight excluding hydrogens is 492 g/mol. The Morgan fingerprint density at radius 3 is 2.58 bits per heavy atom. The first-order chi connectivity index (χ1) is 17.2. The number of piperazine rings is 1. The van der Waals surface area contributed by atoms with Crippen LogP contribution in [0.5, 0.6) is 0 Å². The Labute approximate surface area is 213 Å². The molecule has 2 saturated heterocycles. The summed E-state index contributed by atoms with van der Waals surface area (Å²) in [6.07, 6.45) is -0.209. The molecule has 194 valence electrons. The third-order valence-electron chi connectivity index (χ3n) is 7.16. The summed E-state index contributed by atoms with van der Waals surface area (Å²) in [6.45, 7) is 9.50. The molecule has 5 rings (SSSR count). The third kappa shape index (κ3) is 4.49. The Hall–Kier alpha value is -2.60. The van der Waals surface area contributed by atoms with Crippen LogP contribution in [0, 0.1) is 0 Å². The Kier molecular flexibility index (Phi) is 6.75. The van der Waals surface area contributed by atoms with Gasteiger partial charge in [-0.2, -0.15) is 5.10 Å². The predicted octanol–water partition coefficient (Wildman–Crippen LogP) is 4.01. The fourth-order valence-electron chi connectivity index (χ4n) is 4.97. The summed E-state index contributed by atoms with van der Waals surface area (Å²) in [5, 5.41) is 18.7. The second-order valence-electron chi connectivity index (χ2n) is 9.83. The average molecular weight is 522 g/mol. The number of ether oxygens (including phenoxy) is 1. The summed E-state index contributed by atoms with van der Waals surface area (Å²) >= 11 is 6.63. The lowest BCUT2D eigenvalue weighted by Gasteiger charge is -2.45. The van der Waals surface area contributed by atoms with E-state index in [-0.39, 0.29) is 28.9 Å². The minimum absolute atomic E-state index is 0.176. The number of nitrogens with one attached hydrogen (secondary N) is 1. The molecule has 0 radical (unpaired) electrons. The van der Waals surface area contributed by atoms with Gasteiger partial charge >= 0.3 is 0 Å². The number of hydrogen-bond acceptors (Lipinski definition) is 8. The van der Waals surface area contributed by atoms with Gasteiger partial charge in [0.15, 0.2) is 0 Å². The Balaban J connectivity index is 1.37. The first-order valence-corrected chi connectivity index (χ1v) is 12.4. The quantitative estimate of drug-likeness (QED) is 0.503. The summed E-state index contributed by atoms with van der Waals surface area (Å²) in [5.74, 6) is 0.203. The van der Waals surface area contributed by atoms with E-state index in [4.69, 9.17) is 16.3 Å². The monoisotopic (exact) mass is 521 g/mol. The summed E-state index contributed by atoms with van der Waals surface area (Å²) < 4.78 is 34.2. The number of nitrogens with zero attached hydrogens (tertiary/aromatic N) is 6. The van der Waals surface area contributed by atoms with E-state index in [0.717, 1.165) is 37.3 Å². The molecule has 2 atom stereocenters. The minimum Gasteiger partial charge on any atom is -0.389 e. The molecular formula is C24H30ClF2N7O2. The zero-order valence-corrected chi connectivity index (χ0v) is 21.2. The van der Waals surface area contributed by atoms with E-state index in [0.29, 0.717) is 23.8 Å². The molecule has 3 aromatic rings. The number of anilines is 3. The maximum absolute atomic E-state index is 13.7. The van der Waals surface area contributed by atoms with Gasteiger partial charge in [-0.15, -0.1) is 0 Å². The van der Waals surface area contributed by atoms with E-state index in [1.807, 2.05) is 19.1 Å². The molecule has 2 aliphatic heterocycles. The molecule has 2 fully saturated rings. The van der Waals surface area contributed by atoms with E-state index < -0.39 is 12.5 Å². The van der Waals surface area contributed by atoms with E-state index in [2.05, 4.69) is 30.2 Å². The van der Waals surface area contributed by atoms with Crippen LogP contribution in [0.4, 0.5) is 26.1 Å². The van der Waals surface area contributed by atoms with Crippen molar-refractivity contribution in [3.8, 4) is 0 Å². The number of aliphatic hydroxyl groups excluding tert-OH is 1. The van der Waals surface area contributed by atoms with Gasteiger partial charge in [-0.3, -0.25) is 9.58 Å². The Bertz CT molecular complexity index is 1250. The molecule has 2 unspecified atom stereocenters. The first kappa shape index (κ1) is 25.1. The highest BCUT2D eigenvalue weighted by molar-refractivity contribution is 6.34. The van der Waals surface area contributed by atoms with Crippen LogP contribution in [0.3, 0.4) is 0 Å². The molecule has 0 spiro atoms. The second-order valence-corrected chi connectivity index (χ2v) is 10.2. The number of aromatic nitrogens is 4. The molecule has 0 amide bonds. The van der Waals surface area contributed by atoms with Crippen molar-refractivity contribution >= 4 is 39.8 Å². The molecule has 36 heavy (non-hydrogen) atoms. The Morgan fingerprint density at radius 1 is 1.19 bits per heavy atom. The van der Waals surface area contributed by atoms with Gasteiger partial charge in [0, 0.05) is 43.8 Å². The number of fused-ring (bicyclic) bond motifs is 1. The second kappa shape index (κ2) is 9.70. The maximum atomic E-state index is 13.7. The van der Waals surface area contributed by atoms with Crippen molar-refractivity contribution in [3.05, 3.63) is 35.2 Å². The Morgan fingerprint density at radius 2 is 1.94 bits per heavy atom. The minimum atomic E-state index is -2.69. The van der Waals surface area contributed by atoms with E-state index in [1.165, 1.54) is 10.9 Å². The smallest absolute Gasteiger partial charge is 0.282 e. The number of benzene rings is 1. The number of hydrogen-bond donors (Lipinski definition) is 2. The van der Waals surface area contributed by atoms with Gasteiger partial charge in [0.25, 0.3) is 6.43 Å². The van der Waals surface area contributed by atoms with Crippen molar-refractivity contribution in [2.45, 2.75) is 44.9 Å². The largest absolute Gasteiger partial charge is 0.389 e. The van der Waals surface area contributed by atoms with Crippen molar-refractivity contribution in [2.24, 2.45) is 0 Å². The highest BCUT2D eigenvalue weighted by Gasteiger charge is 2.44. The van der Waals surface area contributed by atoms with Gasteiger partial charge in [0.05, 0.1) is 53.0 Å². The molecule has 2 aromatic heterocycles. The highest BCUT2D eigenvalue weighted by Crippen LogP contribution is 2.34. The van der Waals surface area contributed by atoms with Crippen LogP contribution >= 0.6 is 11.6 Å². The van der Waals surface area contributed by atoms with Gasteiger partial charge in [-0.1, -0.05) is 11.6 Å². The van der Waals surface area contributed by atoms with Gasteiger partial charge in [-0.05, 0) is 32.9 Å². The molecule has 2 aliphatic rings. The molecule has 1 aromatic carbocycles. The van der Waals surface area contributed by atoms with Crippen LogP contribution in [0.2, 0.25) is 5.02 Å². The summed E-state index contributed by atoms with van der Waals surface area (Å²) in [6, 6.07) is 3.51. The van der Waals surface area contributed by atoms with Gasteiger partial charge in [0.2, 0.25) is 5.95 Å². The molecule has 0 bridgehead atoms. The maximum Gasteiger partial charge on any atom is 0.282 e. The molecule has 4 heterocycles. The van der Waals surface area contributed by atoms with Crippen molar-refractivity contribution in [2.75, 3.05) is 49.6 Å². The first-order valence-electron chi connectivity index (χ1n) is 12.0. The standard InChI is InChI=1S/C24H30ClF2N7O2/c1-14(2)34-21(22(26)27)18(11-29-34)31-23-28-10-15-8-16(25)19(9-17(15)30-23)32-4-6-33(7-5-32)24(3)13-36-12-20(24)35/h8-11,14,20,22,35H,4-7,12-13H2,1-3H3,(H,28,30,31). The number of rotatable bonds is 6. The summed E-state index contributed by atoms with van der Waals surface area (Å²) in [5.41, 5.74) is 1.09. The zero-order chi connectivity index (χ0) is 25.6. The zero-order valence-electron chi connectivity index (χ0n) is 20.5. The van der Waals surface area contributed by atoms with E-state index >= 15 is 0 Å². The molecule has 9 nitrogen and oxygen atoms in total. The van der Waals surface area contributed by atoms with Crippen LogP contribution in [0.15, 0.2) is 24.5 Å². The van der Waals surface area contributed by atoms with Crippen molar-refractivity contribution < 1.29 is 18.6 Å². The fourth-order valence-corrected chi connectivity index (χ4v) is 5.26. The van der Waals surface area contributed by atoms with Crippen molar-refractivity contribution in [3.63, 3.8) is 0 Å². The summed E-state index contributed by atoms with van der Waals surface area (Å²) in [7, 11) is 0. The average Bonchev–Trinajstić information content (AvgIpc) is 3.43. The number of alkyl halides is 2.